The topological polar surface area (TPSA) is 42.2 Å². The van der Waals surface area contributed by atoms with Crippen molar-refractivity contribution in [2.75, 3.05) is 11.4 Å². The Kier molecular flexibility index (Phi) is 2.63. The lowest BCUT2D eigenvalue weighted by Gasteiger charge is -2.29. The minimum atomic E-state index is 0.257. The zero-order valence-corrected chi connectivity index (χ0v) is 11.5. The van der Waals surface area contributed by atoms with Crippen molar-refractivity contribution in [1.82, 2.24) is 9.97 Å². The molecular weight excluding hydrogens is 274 g/mol. The predicted octanol–water partition coefficient (Wildman–Crippen LogP) is 3.44. The SMILES string of the molecule is Clc1nc(N2CCc3ccccc3C2)c2occc2n1. The van der Waals surface area contributed by atoms with Crippen LogP contribution in [0.3, 0.4) is 0 Å². The number of aromatic nitrogens is 2. The van der Waals surface area contributed by atoms with Crippen LogP contribution in [-0.2, 0) is 13.0 Å². The highest BCUT2D eigenvalue weighted by Crippen LogP contribution is 2.30. The fourth-order valence-electron chi connectivity index (χ4n) is 2.71. The summed E-state index contributed by atoms with van der Waals surface area (Å²) in [5, 5.41) is 0.257. The van der Waals surface area contributed by atoms with E-state index in [-0.39, 0.29) is 5.28 Å². The maximum absolute atomic E-state index is 6.01. The van der Waals surface area contributed by atoms with E-state index in [0.717, 1.165) is 30.8 Å². The molecule has 5 heteroatoms. The van der Waals surface area contributed by atoms with Crippen LogP contribution in [0.5, 0.6) is 0 Å². The van der Waals surface area contributed by atoms with Crippen LogP contribution in [-0.4, -0.2) is 16.5 Å². The van der Waals surface area contributed by atoms with E-state index in [2.05, 4.69) is 39.1 Å². The second-order valence-electron chi connectivity index (χ2n) is 4.89. The van der Waals surface area contributed by atoms with Crippen LogP contribution in [0.1, 0.15) is 11.1 Å². The summed E-state index contributed by atoms with van der Waals surface area (Å²) in [4.78, 5) is 10.7. The standard InChI is InChI=1S/C15H12ClN3O/c16-15-17-12-6-8-20-13(12)14(18-15)19-7-5-10-3-1-2-4-11(10)9-19/h1-4,6,8H,5,7,9H2. The molecule has 2 aromatic heterocycles. The molecule has 100 valence electrons. The summed E-state index contributed by atoms with van der Waals surface area (Å²) in [5.74, 6) is 0.777. The number of nitrogens with zero attached hydrogens (tertiary/aromatic N) is 3. The lowest BCUT2D eigenvalue weighted by atomic mass is 10.00. The first-order valence-electron chi connectivity index (χ1n) is 6.54. The van der Waals surface area contributed by atoms with Crippen LogP contribution in [0.4, 0.5) is 5.82 Å². The quantitative estimate of drug-likeness (QED) is 0.642. The van der Waals surface area contributed by atoms with Gasteiger partial charge in [0.1, 0.15) is 5.52 Å². The lowest BCUT2D eigenvalue weighted by Crippen LogP contribution is -2.31. The second kappa shape index (κ2) is 4.49. The summed E-state index contributed by atoms with van der Waals surface area (Å²) in [6.45, 7) is 1.72. The summed E-state index contributed by atoms with van der Waals surface area (Å²) in [6.07, 6.45) is 2.62. The minimum absolute atomic E-state index is 0.257. The first kappa shape index (κ1) is 11.7. The Balaban J connectivity index is 1.79. The molecule has 0 N–H and O–H groups in total. The molecule has 0 saturated carbocycles. The summed E-state index contributed by atoms with van der Waals surface area (Å²) < 4.78 is 5.52. The van der Waals surface area contributed by atoms with Gasteiger partial charge in [0.25, 0.3) is 0 Å². The lowest BCUT2D eigenvalue weighted by molar-refractivity contribution is 0.607. The maximum Gasteiger partial charge on any atom is 0.225 e. The van der Waals surface area contributed by atoms with E-state index < -0.39 is 0 Å². The molecule has 0 atom stereocenters. The van der Waals surface area contributed by atoms with Crippen LogP contribution < -0.4 is 4.90 Å². The van der Waals surface area contributed by atoms with Crippen molar-refractivity contribution in [3.05, 3.63) is 53.0 Å². The summed E-state index contributed by atoms with van der Waals surface area (Å²) >= 11 is 6.01. The van der Waals surface area contributed by atoms with Gasteiger partial charge in [-0.2, -0.15) is 4.98 Å². The smallest absolute Gasteiger partial charge is 0.225 e. The van der Waals surface area contributed by atoms with Gasteiger partial charge in [-0.05, 0) is 29.1 Å². The zero-order chi connectivity index (χ0) is 13.5. The maximum atomic E-state index is 6.01. The van der Waals surface area contributed by atoms with Crippen molar-refractivity contribution in [2.45, 2.75) is 13.0 Å². The molecule has 1 aliphatic rings. The molecule has 1 aromatic carbocycles. The molecule has 1 aliphatic heterocycles. The highest BCUT2D eigenvalue weighted by molar-refractivity contribution is 6.28. The van der Waals surface area contributed by atoms with E-state index in [9.17, 15) is 0 Å². The van der Waals surface area contributed by atoms with Crippen molar-refractivity contribution >= 4 is 28.5 Å². The number of benzene rings is 1. The molecule has 20 heavy (non-hydrogen) atoms. The summed E-state index contributed by atoms with van der Waals surface area (Å²) in [6, 6.07) is 10.3. The number of halogens is 1. The second-order valence-corrected chi connectivity index (χ2v) is 5.23. The van der Waals surface area contributed by atoms with Gasteiger partial charge in [0.15, 0.2) is 11.4 Å². The highest BCUT2D eigenvalue weighted by Gasteiger charge is 2.21. The van der Waals surface area contributed by atoms with Gasteiger partial charge in [-0.1, -0.05) is 24.3 Å². The average molecular weight is 286 g/mol. The number of anilines is 1. The number of fused-ring (bicyclic) bond motifs is 2. The van der Waals surface area contributed by atoms with Crippen LogP contribution in [0.2, 0.25) is 5.28 Å². The Hall–Kier alpha value is -2.07. The Labute approximate surface area is 121 Å². The highest BCUT2D eigenvalue weighted by atomic mass is 35.5. The Morgan fingerprint density at radius 3 is 2.85 bits per heavy atom. The number of furan rings is 1. The van der Waals surface area contributed by atoms with Crippen molar-refractivity contribution in [3.63, 3.8) is 0 Å². The Bertz CT molecular complexity index is 784. The molecule has 0 unspecified atom stereocenters. The van der Waals surface area contributed by atoms with Crippen LogP contribution in [0.25, 0.3) is 11.1 Å². The first-order chi connectivity index (χ1) is 9.81. The molecule has 0 aliphatic carbocycles. The van der Waals surface area contributed by atoms with Gasteiger partial charge in [-0.25, -0.2) is 4.98 Å². The van der Waals surface area contributed by atoms with Gasteiger partial charge < -0.3 is 9.32 Å². The predicted molar refractivity (Wildman–Crippen MR) is 78.0 cm³/mol. The van der Waals surface area contributed by atoms with Gasteiger partial charge >= 0.3 is 0 Å². The van der Waals surface area contributed by atoms with E-state index >= 15 is 0 Å². The van der Waals surface area contributed by atoms with E-state index in [4.69, 9.17) is 16.0 Å². The molecule has 0 fully saturated rings. The van der Waals surface area contributed by atoms with E-state index in [1.54, 1.807) is 6.26 Å². The van der Waals surface area contributed by atoms with Gasteiger partial charge in [-0.15, -0.1) is 0 Å². The van der Waals surface area contributed by atoms with Gasteiger partial charge in [0.05, 0.1) is 6.26 Å². The molecular formula is C15H12ClN3O. The van der Waals surface area contributed by atoms with Gasteiger partial charge in [0.2, 0.25) is 5.28 Å². The van der Waals surface area contributed by atoms with E-state index in [0.29, 0.717) is 5.58 Å². The van der Waals surface area contributed by atoms with Gasteiger partial charge in [-0.3, -0.25) is 0 Å². The molecule has 0 spiro atoms. The van der Waals surface area contributed by atoms with E-state index in [1.807, 2.05) is 6.07 Å². The molecule has 3 aromatic rings. The normalized spacial score (nSPS) is 14.6. The first-order valence-corrected chi connectivity index (χ1v) is 6.91. The van der Waals surface area contributed by atoms with Crippen molar-refractivity contribution in [2.24, 2.45) is 0 Å². The van der Waals surface area contributed by atoms with Gasteiger partial charge in [0, 0.05) is 19.2 Å². The van der Waals surface area contributed by atoms with Crippen LogP contribution in [0.15, 0.2) is 41.0 Å². The minimum Gasteiger partial charge on any atom is -0.459 e. The van der Waals surface area contributed by atoms with E-state index in [1.165, 1.54) is 11.1 Å². The largest absolute Gasteiger partial charge is 0.459 e. The third-order valence-corrected chi connectivity index (χ3v) is 3.86. The molecule has 3 heterocycles. The third-order valence-electron chi connectivity index (χ3n) is 3.69. The molecule has 0 bridgehead atoms. The summed E-state index contributed by atoms with van der Waals surface area (Å²) in [5.41, 5.74) is 4.18. The molecule has 0 amide bonds. The van der Waals surface area contributed by atoms with Crippen molar-refractivity contribution < 1.29 is 4.42 Å². The number of rotatable bonds is 1. The molecule has 4 nitrogen and oxygen atoms in total. The fraction of sp³-hybridized carbons (Fsp3) is 0.200. The van der Waals surface area contributed by atoms with Crippen LogP contribution in [0, 0.1) is 0 Å². The van der Waals surface area contributed by atoms with Crippen LogP contribution >= 0.6 is 11.6 Å². The monoisotopic (exact) mass is 285 g/mol. The van der Waals surface area contributed by atoms with Crippen molar-refractivity contribution in [1.29, 1.82) is 0 Å². The Morgan fingerprint density at radius 2 is 1.95 bits per heavy atom. The Morgan fingerprint density at radius 1 is 1.10 bits per heavy atom. The third kappa shape index (κ3) is 1.84. The average Bonchev–Trinajstić information content (AvgIpc) is 2.94. The summed E-state index contributed by atoms with van der Waals surface area (Å²) in [7, 11) is 0. The number of hydrogen-bond acceptors (Lipinski definition) is 4. The fourth-order valence-corrected chi connectivity index (χ4v) is 2.88. The molecule has 0 saturated heterocycles. The molecule has 0 radical (unpaired) electrons. The number of hydrogen-bond donors (Lipinski definition) is 0. The zero-order valence-electron chi connectivity index (χ0n) is 10.7. The van der Waals surface area contributed by atoms with Crippen molar-refractivity contribution in [3.8, 4) is 0 Å². The molecule has 4 rings (SSSR count).